The molecule has 2 aromatic carbocycles. The number of phenols is 1. The summed E-state index contributed by atoms with van der Waals surface area (Å²) in [5.41, 5.74) is 5.22. The molecule has 0 radical (unpaired) electrons. The third kappa shape index (κ3) is 4.26. The lowest BCUT2D eigenvalue weighted by molar-refractivity contribution is 0.0982. The van der Waals surface area contributed by atoms with Gasteiger partial charge in [0.2, 0.25) is 0 Å². The van der Waals surface area contributed by atoms with Crippen LogP contribution in [0.5, 0.6) is 5.75 Å². The van der Waals surface area contributed by atoms with E-state index in [4.69, 9.17) is 10.5 Å². The number of amides is 1. The van der Waals surface area contributed by atoms with Crippen LogP contribution in [0.2, 0.25) is 0 Å². The highest BCUT2D eigenvalue weighted by Gasteiger charge is 2.27. The van der Waals surface area contributed by atoms with E-state index in [1.54, 1.807) is 36.4 Å². The molecule has 0 atom stereocenters. The number of anilines is 2. The van der Waals surface area contributed by atoms with Crippen LogP contribution >= 0.6 is 0 Å². The highest BCUT2D eigenvalue weighted by Crippen LogP contribution is 2.25. The number of ether oxygens (including phenoxy) is 1. The summed E-state index contributed by atoms with van der Waals surface area (Å²) in [6, 6.07) is 15.0. The van der Waals surface area contributed by atoms with Crippen molar-refractivity contribution in [1.82, 2.24) is 9.55 Å². The molecule has 0 aliphatic carbocycles. The molecule has 3 aromatic rings. The van der Waals surface area contributed by atoms with Gasteiger partial charge in [-0.3, -0.25) is 24.0 Å². The van der Waals surface area contributed by atoms with E-state index in [1.165, 1.54) is 19.2 Å². The van der Waals surface area contributed by atoms with Crippen molar-refractivity contribution >= 4 is 17.4 Å². The number of carbonyl (C=O) groups is 1. The van der Waals surface area contributed by atoms with Crippen molar-refractivity contribution in [2.24, 2.45) is 0 Å². The quantitative estimate of drug-likeness (QED) is 0.538. The van der Waals surface area contributed by atoms with Gasteiger partial charge in [-0.1, -0.05) is 42.5 Å². The van der Waals surface area contributed by atoms with Gasteiger partial charge in [-0.15, -0.1) is 0 Å². The van der Waals surface area contributed by atoms with Crippen molar-refractivity contribution < 1.29 is 14.6 Å². The number of nitrogens with two attached hydrogens (primary N) is 1. The molecule has 30 heavy (non-hydrogen) atoms. The summed E-state index contributed by atoms with van der Waals surface area (Å²) in [5.74, 6) is -1.03. The van der Waals surface area contributed by atoms with E-state index in [0.717, 1.165) is 15.0 Å². The molecule has 156 valence electrons. The Morgan fingerprint density at radius 1 is 1.13 bits per heavy atom. The van der Waals surface area contributed by atoms with Crippen molar-refractivity contribution in [2.75, 3.05) is 24.4 Å². The number of carbonyl (C=O) groups excluding carboxylic acids is 1. The zero-order chi connectivity index (χ0) is 21.7. The maximum absolute atomic E-state index is 13.3. The number of para-hydroxylation sites is 1. The standard InChI is InChI=1S/C21H22N4O5/c1-30-12-11-24-18(22)17(19(27)23-21(24)29)25(13-14-7-3-2-4-8-14)20(28)15-9-5-6-10-16(15)26/h2-10,26H,11-13,22H2,1H3,(H,23,27,29). The number of aromatic amines is 1. The Labute approximate surface area is 172 Å². The first kappa shape index (κ1) is 20.9. The normalized spacial score (nSPS) is 10.7. The number of methoxy groups -OCH3 is 1. The second-order valence-corrected chi connectivity index (χ2v) is 6.53. The van der Waals surface area contributed by atoms with Gasteiger partial charge in [-0.25, -0.2) is 4.79 Å². The molecule has 0 fully saturated rings. The zero-order valence-corrected chi connectivity index (χ0v) is 16.4. The van der Waals surface area contributed by atoms with E-state index in [2.05, 4.69) is 4.98 Å². The molecule has 9 heteroatoms. The predicted molar refractivity (Wildman–Crippen MR) is 113 cm³/mol. The van der Waals surface area contributed by atoms with Crippen LogP contribution in [0.25, 0.3) is 0 Å². The number of aromatic hydroxyl groups is 1. The Bertz CT molecular complexity index is 1150. The lowest BCUT2D eigenvalue weighted by Gasteiger charge is -2.25. The summed E-state index contributed by atoms with van der Waals surface area (Å²) < 4.78 is 6.13. The number of hydrogen-bond donors (Lipinski definition) is 3. The molecule has 1 aromatic heterocycles. The summed E-state index contributed by atoms with van der Waals surface area (Å²) in [6.07, 6.45) is 0. The van der Waals surface area contributed by atoms with Crippen LogP contribution in [-0.4, -0.2) is 34.3 Å². The number of nitrogen functional groups attached to an aromatic ring is 1. The molecule has 0 aliphatic rings. The van der Waals surface area contributed by atoms with Gasteiger partial charge >= 0.3 is 5.69 Å². The van der Waals surface area contributed by atoms with E-state index >= 15 is 0 Å². The van der Waals surface area contributed by atoms with Crippen LogP contribution in [-0.2, 0) is 17.8 Å². The van der Waals surface area contributed by atoms with Crippen LogP contribution in [0.1, 0.15) is 15.9 Å². The van der Waals surface area contributed by atoms with Gasteiger partial charge in [-0.05, 0) is 17.7 Å². The van der Waals surface area contributed by atoms with Crippen molar-refractivity contribution in [2.45, 2.75) is 13.1 Å². The lowest BCUT2D eigenvalue weighted by atomic mass is 10.1. The summed E-state index contributed by atoms with van der Waals surface area (Å²) >= 11 is 0. The van der Waals surface area contributed by atoms with Gasteiger partial charge in [0, 0.05) is 7.11 Å². The Morgan fingerprint density at radius 2 is 1.80 bits per heavy atom. The van der Waals surface area contributed by atoms with Crippen LogP contribution in [0.3, 0.4) is 0 Å². The average molecular weight is 410 g/mol. The minimum Gasteiger partial charge on any atom is -0.507 e. The van der Waals surface area contributed by atoms with E-state index in [1.807, 2.05) is 6.07 Å². The fraction of sp³-hybridized carbons (Fsp3) is 0.190. The number of aromatic nitrogens is 2. The molecule has 0 unspecified atom stereocenters. The first-order valence-electron chi connectivity index (χ1n) is 9.19. The van der Waals surface area contributed by atoms with Gasteiger partial charge in [0.15, 0.2) is 5.69 Å². The number of phenolic OH excluding ortho intramolecular Hbond substituents is 1. The van der Waals surface area contributed by atoms with Crippen molar-refractivity contribution in [3.8, 4) is 5.75 Å². The lowest BCUT2D eigenvalue weighted by Crippen LogP contribution is -2.41. The maximum atomic E-state index is 13.3. The largest absolute Gasteiger partial charge is 0.507 e. The van der Waals surface area contributed by atoms with Crippen LogP contribution in [0, 0.1) is 0 Å². The second kappa shape index (κ2) is 9.10. The van der Waals surface area contributed by atoms with Crippen LogP contribution in [0.15, 0.2) is 64.2 Å². The third-order valence-electron chi connectivity index (χ3n) is 4.57. The van der Waals surface area contributed by atoms with Gasteiger partial charge < -0.3 is 15.6 Å². The Hall–Kier alpha value is -3.85. The number of nitrogens with zero attached hydrogens (tertiary/aromatic N) is 2. The monoisotopic (exact) mass is 410 g/mol. The second-order valence-electron chi connectivity index (χ2n) is 6.53. The molecule has 9 nitrogen and oxygen atoms in total. The zero-order valence-electron chi connectivity index (χ0n) is 16.4. The smallest absolute Gasteiger partial charge is 0.330 e. The molecule has 4 N–H and O–H groups in total. The average Bonchev–Trinajstić information content (AvgIpc) is 2.73. The van der Waals surface area contributed by atoms with Crippen molar-refractivity contribution in [3.05, 3.63) is 86.6 Å². The molecule has 0 saturated heterocycles. The van der Waals surface area contributed by atoms with E-state index in [9.17, 15) is 19.5 Å². The Balaban J connectivity index is 2.17. The molecule has 3 rings (SSSR count). The number of hydrogen-bond acceptors (Lipinski definition) is 6. The highest BCUT2D eigenvalue weighted by atomic mass is 16.5. The molecule has 1 amide bonds. The molecular weight excluding hydrogens is 388 g/mol. The minimum absolute atomic E-state index is 0.00173. The van der Waals surface area contributed by atoms with Crippen molar-refractivity contribution in [3.63, 3.8) is 0 Å². The minimum atomic E-state index is -0.800. The number of rotatable bonds is 7. The van der Waals surface area contributed by atoms with E-state index in [-0.39, 0.29) is 42.5 Å². The fourth-order valence-corrected chi connectivity index (χ4v) is 3.06. The summed E-state index contributed by atoms with van der Waals surface area (Å²) in [5, 5.41) is 10.2. The van der Waals surface area contributed by atoms with Crippen LogP contribution in [0.4, 0.5) is 11.5 Å². The molecule has 0 bridgehead atoms. The van der Waals surface area contributed by atoms with Gasteiger partial charge in [0.05, 0.1) is 25.3 Å². The number of H-pyrrole nitrogens is 1. The van der Waals surface area contributed by atoms with Gasteiger partial charge in [-0.2, -0.15) is 0 Å². The number of benzene rings is 2. The molecule has 1 heterocycles. The fourth-order valence-electron chi connectivity index (χ4n) is 3.06. The van der Waals surface area contributed by atoms with E-state index < -0.39 is 17.2 Å². The summed E-state index contributed by atoms with van der Waals surface area (Å²) in [7, 11) is 1.47. The summed E-state index contributed by atoms with van der Waals surface area (Å²) in [4.78, 5) is 41.6. The van der Waals surface area contributed by atoms with E-state index in [0.29, 0.717) is 0 Å². The topological polar surface area (TPSA) is 131 Å². The molecule has 0 spiro atoms. The molecular formula is C21H22N4O5. The first-order valence-corrected chi connectivity index (χ1v) is 9.19. The SMILES string of the molecule is COCCn1c(N)c(N(Cc2ccccc2)C(=O)c2ccccc2O)c(=O)[nH]c1=O. The van der Waals surface area contributed by atoms with Gasteiger partial charge in [0.25, 0.3) is 11.5 Å². The van der Waals surface area contributed by atoms with Gasteiger partial charge in [0.1, 0.15) is 11.6 Å². The third-order valence-corrected chi connectivity index (χ3v) is 4.57. The Morgan fingerprint density at radius 3 is 2.47 bits per heavy atom. The number of nitrogens with one attached hydrogen (secondary N) is 1. The highest BCUT2D eigenvalue weighted by molar-refractivity contribution is 6.08. The first-order chi connectivity index (χ1) is 14.4. The van der Waals surface area contributed by atoms with Crippen LogP contribution < -0.4 is 21.9 Å². The molecule has 0 aliphatic heterocycles. The maximum Gasteiger partial charge on any atom is 0.330 e. The predicted octanol–water partition coefficient (Wildman–Crippen LogP) is 1.32. The Kier molecular flexibility index (Phi) is 6.33. The van der Waals surface area contributed by atoms with Crippen molar-refractivity contribution in [1.29, 1.82) is 0 Å². The summed E-state index contributed by atoms with van der Waals surface area (Å²) in [6.45, 7) is 0.278. The molecule has 0 saturated carbocycles.